The molecule has 1 aromatic carbocycles. The number of benzene rings is 1. The zero-order chi connectivity index (χ0) is 21.2. The Morgan fingerprint density at radius 1 is 1.14 bits per heavy atom. The predicted molar refractivity (Wildman–Crippen MR) is 113 cm³/mol. The molecule has 162 valence electrons. The minimum absolute atomic E-state index is 0.229. The van der Waals surface area contributed by atoms with Crippen molar-refractivity contribution in [1.82, 2.24) is 15.2 Å². The Labute approximate surface area is 173 Å². The number of hydrogen-bond acceptors (Lipinski definition) is 7. The van der Waals surface area contributed by atoms with Crippen LogP contribution < -0.4 is 15.8 Å². The van der Waals surface area contributed by atoms with Crippen LogP contribution >= 0.6 is 0 Å². The number of esters is 1. The van der Waals surface area contributed by atoms with Crippen LogP contribution in [-0.4, -0.2) is 62.9 Å². The van der Waals surface area contributed by atoms with E-state index in [4.69, 9.17) is 4.74 Å². The van der Waals surface area contributed by atoms with Gasteiger partial charge in [-0.1, -0.05) is 19.1 Å². The van der Waals surface area contributed by atoms with E-state index in [9.17, 15) is 13.2 Å². The number of carbonyl (C=O) groups is 1. The number of carbonyl (C=O) groups excluding carboxylic acids is 1. The van der Waals surface area contributed by atoms with Gasteiger partial charge < -0.3 is 9.64 Å². The summed E-state index contributed by atoms with van der Waals surface area (Å²) in [5, 5.41) is -1.02. The Kier molecular flexibility index (Phi) is 6.83. The van der Waals surface area contributed by atoms with E-state index in [1.807, 2.05) is 13.0 Å². The van der Waals surface area contributed by atoms with Crippen molar-refractivity contribution in [3.8, 4) is 0 Å². The second kappa shape index (κ2) is 8.99. The van der Waals surface area contributed by atoms with Crippen molar-refractivity contribution in [3.05, 3.63) is 29.3 Å². The summed E-state index contributed by atoms with van der Waals surface area (Å²) in [7, 11) is -3.71. The predicted octanol–water partition coefficient (Wildman–Crippen LogP) is 1.15. The number of sulfonamides is 1. The van der Waals surface area contributed by atoms with E-state index < -0.39 is 27.3 Å². The van der Waals surface area contributed by atoms with Gasteiger partial charge in [-0.05, 0) is 44.4 Å². The van der Waals surface area contributed by atoms with Crippen LogP contribution in [0.25, 0.3) is 0 Å². The van der Waals surface area contributed by atoms with Gasteiger partial charge in [-0.25, -0.2) is 13.8 Å². The highest BCUT2D eigenvalue weighted by atomic mass is 32.2. The Balaban J connectivity index is 1.73. The number of aryl methyl sites for hydroxylation is 1. The van der Waals surface area contributed by atoms with E-state index in [0.717, 1.165) is 5.69 Å². The summed E-state index contributed by atoms with van der Waals surface area (Å²) in [4.78, 5) is 14.7. The lowest BCUT2D eigenvalue weighted by Crippen LogP contribution is -2.55. The van der Waals surface area contributed by atoms with Crippen LogP contribution in [0.5, 0.6) is 0 Å². The number of anilines is 1. The molecule has 2 fully saturated rings. The van der Waals surface area contributed by atoms with Gasteiger partial charge in [0.25, 0.3) is 0 Å². The maximum Gasteiger partial charge on any atom is 0.313 e. The zero-order valence-corrected chi connectivity index (χ0v) is 18.5. The molecule has 0 bridgehead atoms. The van der Waals surface area contributed by atoms with E-state index in [1.54, 1.807) is 6.92 Å². The van der Waals surface area contributed by atoms with Gasteiger partial charge in [0.05, 0.1) is 6.61 Å². The zero-order valence-electron chi connectivity index (χ0n) is 17.6. The van der Waals surface area contributed by atoms with Crippen LogP contribution in [0.2, 0.25) is 0 Å². The molecule has 2 aliphatic rings. The molecule has 0 saturated carbocycles. The van der Waals surface area contributed by atoms with E-state index in [-0.39, 0.29) is 12.6 Å². The van der Waals surface area contributed by atoms with Crippen molar-refractivity contribution < 1.29 is 17.9 Å². The second-order valence-electron chi connectivity index (χ2n) is 7.65. The molecule has 2 heterocycles. The molecule has 9 heteroatoms. The van der Waals surface area contributed by atoms with Gasteiger partial charge in [-0.15, -0.1) is 0 Å². The minimum atomic E-state index is -3.71. The minimum Gasteiger partial charge on any atom is -0.466 e. The van der Waals surface area contributed by atoms with Crippen LogP contribution in [0.4, 0.5) is 5.69 Å². The lowest BCUT2D eigenvalue weighted by Gasteiger charge is -2.37. The van der Waals surface area contributed by atoms with Crippen molar-refractivity contribution >= 4 is 21.7 Å². The number of hydrazine groups is 1. The van der Waals surface area contributed by atoms with E-state index >= 15 is 0 Å². The molecule has 3 unspecified atom stereocenters. The smallest absolute Gasteiger partial charge is 0.313 e. The largest absolute Gasteiger partial charge is 0.466 e. The summed E-state index contributed by atoms with van der Waals surface area (Å²) < 4.78 is 33.3. The lowest BCUT2D eigenvalue weighted by molar-refractivity contribution is -0.148. The van der Waals surface area contributed by atoms with Gasteiger partial charge in [0.2, 0.25) is 10.0 Å². The topological polar surface area (TPSA) is 91.0 Å². The summed E-state index contributed by atoms with van der Waals surface area (Å²) in [6, 6.07) is 5.92. The number of nitrogens with one attached hydrogen (secondary N) is 2. The fourth-order valence-corrected chi connectivity index (χ4v) is 6.03. The molecule has 0 radical (unpaired) electrons. The van der Waals surface area contributed by atoms with E-state index in [2.05, 4.69) is 41.7 Å². The van der Waals surface area contributed by atoms with Crippen LogP contribution in [0.3, 0.4) is 0 Å². The maximum absolute atomic E-state index is 13.3. The van der Waals surface area contributed by atoms with Crippen molar-refractivity contribution in [2.24, 2.45) is 5.92 Å². The number of rotatable bonds is 6. The highest BCUT2D eigenvalue weighted by molar-refractivity contribution is 7.89. The average Bonchev–Trinajstić information content (AvgIpc) is 3.15. The van der Waals surface area contributed by atoms with Crippen molar-refractivity contribution in [2.45, 2.75) is 45.5 Å². The molecule has 1 aromatic rings. The van der Waals surface area contributed by atoms with Gasteiger partial charge in [-0.3, -0.25) is 10.2 Å². The average molecular weight is 425 g/mol. The summed E-state index contributed by atoms with van der Waals surface area (Å²) >= 11 is 0. The van der Waals surface area contributed by atoms with Gasteiger partial charge in [0.15, 0.2) is 5.37 Å². The van der Waals surface area contributed by atoms with Gasteiger partial charge in [0.1, 0.15) is 5.92 Å². The summed E-state index contributed by atoms with van der Waals surface area (Å²) in [6.45, 7) is 10.1. The summed E-state index contributed by atoms with van der Waals surface area (Å²) in [6.07, 6.45) is 0.628. The molecule has 0 amide bonds. The second-order valence-corrected chi connectivity index (χ2v) is 9.71. The molecule has 0 aliphatic carbocycles. The third-order valence-corrected chi connectivity index (χ3v) is 8.14. The van der Waals surface area contributed by atoms with Gasteiger partial charge >= 0.3 is 5.97 Å². The Morgan fingerprint density at radius 3 is 2.45 bits per heavy atom. The Morgan fingerprint density at radius 2 is 1.83 bits per heavy atom. The van der Waals surface area contributed by atoms with Crippen LogP contribution in [0.1, 0.15) is 31.4 Å². The molecule has 2 N–H and O–H groups in total. The molecule has 2 saturated heterocycles. The fraction of sp³-hybridized carbons (Fsp3) is 0.650. The molecule has 0 aromatic heterocycles. The van der Waals surface area contributed by atoms with E-state index in [1.165, 1.54) is 15.4 Å². The monoisotopic (exact) mass is 424 g/mol. The van der Waals surface area contributed by atoms with Crippen molar-refractivity contribution in [3.63, 3.8) is 0 Å². The molecule has 2 aliphatic heterocycles. The maximum atomic E-state index is 13.3. The summed E-state index contributed by atoms with van der Waals surface area (Å²) in [5.41, 5.74) is 9.42. The highest BCUT2D eigenvalue weighted by Crippen LogP contribution is 2.28. The first-order valence-corrected chi connectivity index (χ1v) is 11.8. The molecule has 8 nitrogen and oxygen atoms in total. The SMILES string of the molecule is CCOC(=O)C1C(CC)NNC1S(=O)(=O)N1CCN(c2cccc(C)c2C)CC1. The van der Waals surface area contributed by atoms with Crippen LogP contribution in [0.15, 0.2) is 18.2 Å². The van der Waals surface area contributed by atoms with Crippen LogP contribution in [-0.2, 0) is 19.6 Å². The molecule has 0 spiro atoms. The Hall–Kier alpha value is -1.68. The first kappa shape index (κ1) is 22.0. The normalized spacial score (nSPS) is 25.9. The van der Waals surface area contributed by atoms with Gasteiger partial charge in [0, 0.05) is 37.9 Å². The molecule has 3 atom stereocenters. The Bertz CT molecular complexity index is 837. The highest BCUT2D eigenvalue weighted by Gasteiger charge is 2.50. The van der Waals surface area contributed by atoms with Crippen molar-refractivity contribution in [2.75, 3.05) is 37.7 Å². The number of piperazine rings is 1. The van der Waals surface area contributed by atoms with E-state index in [0.29, 0.717) is 32.6 Å². The van der Waals surface area contributed by atoms with Gasteiger partial charge in [-0.2, -0.15) is 4.31 Å². The number of hydrogen-bond donors (Lipinski definition) is 2. The number of nitrogens with zero attached hydrogens (tertiary/aromatic N) is 2. The fourth-order valence-electron chi connectivity index (χ4n) is 4.14. The molecule has 29 heavy (non-hydrogen) atoms. The third-order valence-electron chi connectivity index (χ3n) is 6.01. The first-order chi connectivity index (χ1) is 13.8. The quantitative estimate of drug-likeness (QED) is 0.662. The number of ether oxygens (including phenoxy) is 1. The molecular formula is C20H32N4O4S. The first-order valence-electron chi connectivity index (χ1n) is 10.3. The lowest BCUT2D eigenvalue weighted by atomic mass is 10.00. The summed E-state index contributed by atoms with van der Waals surface area (Å²) in [5.74, 6) is -1.23. The van der Waals surface area contributed by atoms with Crippen molar-refractivity contribution in [1.29, 1.82) is 0 Å². The standard InChI is InChI=1S/C20H32N4O4S/c1-5-16-18(20(25)28-6-2)19(22-21-16)29(26,27)24-12-10-23(11-13-24)17-9-7-8-14(3)15(17)4/h7-9,16,18-19,21-22H,5-6,10-13H2,1-4H3. The molecule has 3 rings (SSSR count). The van der Waals surface area contributed by atoms with Crippen LogP contribution in [0, 0.1) is 19.8 Å². The molecular weight excluding hydrogens is 392 g/mol. The third kappa shape index (κ3) is 4.28.